The standard InChI is InChI=1S/C16H31N3O/c1-17-16(8-4-3-5-9-16)12-15(20)18-13-14-6-10-19(2)11-7-14/h14,17H,3-13H2,1-2H3,(H,18,20). The topological polar surface area (TPSA) is 44.4 Å². The van der Waals surface area contributed by atoms with Gasteiger partial charge in [-0.2, -0.15) is 0 Å². The fraction of sp³-hybridized carbons (Fsp3) is 0.938. The van der Waals surface area contributed by atoms with Gasteiger partial charge >= 0.3 is 0 Å². The summed E-state index contributed by atoms with van der Waals surface area (Å²) in [4.78, 5) is 14.6. The van der Waals surface area contributed by atoms with Gasteiger partial charge in [0.15, 0.2) is 0 Å². The molecule has 1 saturated heterocycles. The smallest absolute Gasteiger partial charge is 0.221 e. The van der Waals surface area contributed by atoms with Gasteiger partial charge in [0, 0.05) is 18.5 Å². The van der Waals surface area contributed by atoms with Crippen molar-refractivity contribution in [2.75, 3.05) is 33.7 Å². The van der Waals surface area contributed by atoms with Crippen molar-refractivity contribution in [2.24, 2.45) is 5.92 Å². The first-order valence-electron chi connectivity index (χ1n) is 8.28. The van der Waals surface area contributed by atoms with Crippen LogP contribution in [0.3, 0.4) is 0 Å². The van der Waals surface area contributed by atoms with Crippen molar-refractivity contribution in [3.63, 3.8) is 0 Å². The van der Waals surface area contributed by atoms with Crippen LogP contribution in [0.5, 0.6) is 0 Å². The number of likely N-dealkylation sites (tertiary alicyclic amines) is 1. The normalized spacial score (nSPS) is 24.5. The molecule has 1 saturated carbocycles. The Morgan fingerprint density at radius 3 is 2.45 bits per heavy atom. The van der Waals surface area contributed by atoms with Crippen molar-refractivity contribution in [2.45, 2.75) is 56.9 Å². The van der Waals surface area contributed by atoms with Crippen LogP contribution in [-0.2, 0) is 4.79 Å². The molecule has 0 spiro atoms. The summed E-state index contributed by atoms with van der Waals surface area (Å²) in [7, 11) is 4.18. The molecule has 2 N–H and O–H groups in total. The average molecular weight is 281 g/mol. The van der Waals surface area contributed by atoms with Crippen molar-refractivity contribution in [3.8, 4) is 0 Å². The summed E-state index contributed by atoms with van der Waals surface area (Å²) in [6.45, 7) is 3.20. The molecule has 0 aromatic heterocycles. The molecule has 2 rings (SSSR count). The maximum Gasteiger partial charge on any atom is 0.221 e. The van der Waals surface area contributed by atoms with Crippen LogP contribution >= 0.6 is 0 Å². The zero-order chi connectivity index (χ0) is 14.4. The minimum atomic E-state index is 0.0646. The average Bonchev–Trinajstić information content (AvgIpc) is 2.47. The van der Waals surface area contributed by atoms with Crippen LogP contribution in [0.2, 0.25) is 0 Å². The van der Waals surface area contributed by atoms with Crippen LogP contribution in [-0.4, -0.2) is 50.1 Å². The lowest BCUT2D eigenvalue weighted by molar-refractivity contribution is -0.123. The zero-order valence-electron chi connectivity index (χ0n) is 13.2. The summed E-state index contributed by atoms with van der Waals surface area (Å²) >= 11 is 0. The van der Waals surface area contributed by atoms with Gasteiger partial charge < -0.3 is 15.5 Å². The second kappa shape index (κ2) is 7.41. The first kappa shape index (κ1) is 15.8. The summed E-state index contributed by atoms with van der Waals surface area (Å²) < 4.78 is 0. The minimum Gasteiger partial charge on any atom is -0.356 e. The van der Waals surface area contributed by atoms with E-state index in [0.717, 1.165) is 19.4 Å². The predicted molar refractivity (Wildman–Crippen MR) is 82.7 cm³/mol. The van der Waals surface area contributed by atoms with Crippen molar-refractivity contribution >= 4 is 5.91 Å². The van der Waals surface area contributed by atoms with E-state index in [1.165, 1.54) is 45.2 Å². The Bertz CT molecular complexity index is 305. The Balaban J connectivity index is 1.71. The Labute approximate surface area is 123 Å². The zero-order valence-corrected chi connectivity index (χ0v) is 13.2. The maximum atomic E-state index is 12.2. The molecule has 116 valence electrons. The number of amides is 1. The number of nitrogens with one attached hydrogen (secondary N) is 2. The van der Waals surface area contributed by atoms with Gasteiger partial charge in [0.2, 0.25) is 5.91 Å². The highest BCUT2D eigenvalue weighted by Crippen LogP contribution is 2.30. The molecule has 1 amide bonds. The lowest BCUT2D eigenvalue weighted by atomic mass is 9.79. The van der Waals surface area contributed by atoms with Gasteiger partial charge in [0.25, 0.3) is 0 Å². The van der Waals surface area contributed by atoms with Gasteiger partial charge in [-0.3, -0.25) is 4.79 Å². The largest absolute Gasteiger partial charge is 0.356 e. The highest BCUT2D eigenvalue weighted by Gasteiger charge is 2.32. The van der Waals surface area contributed by atoms with E-state index in [2.05, 4.69) is 22.6 Å². The number of nitrogens with zero attached hydrogens (tertiary/aromatic N) is 1. The number of rotatable bonds is 5. The molecule has 0 unspecified atom stereocenters. The van der Waals surface area contributed by atoms with Crippen LogP contribution in [0, 0.1) is 5.92 Å². The lowest BCUT2D eigenvalue weighted by Gasteiger charge is -2.37. The molecule has 20 heavy (non-hydrogen) atoms. The first-order chi connectivity index (χ1) is 9.63. The third-order valence-electron chi connectivity index (χ3n) is 5.27. The Hall–Kier alpha value is -0.610. The minimum absolute atomic E-state index is 0.0646. The molecule has 2 aliphatic rings. The number of hydrogen-bond donors (Lipinski definition) is 2. The van der Waals surface area contributed by atoms with Crippen molar-refractivity contribution in [3.05, 3.63) is 0 Å². The van der Waals surface area contributed by atoms with E-state index in [0.29, 0.717) is 12.3 Å². The van der Waals surface area contributed by atoms with Crippen molar-refractivity contribution in [1.82, 2.24) is 15.5 Å². The number of carbonyl (C=O) groups excluding carboxylic acids is 1. The van der Waals surface area contributed by atoms with Gasteiger partial charge in [-0.1, -0.05) is 19.3 Å². The molecule has 0 atom stereocenters. The predicted octanol–water partition coefficient (Wildman–Crippen LogP) is 1.76. The van der Waals surface area contributed by atoms with Gasteiger partial charge in [-0.25, -0.2) is 0 Å². The second-order valence-corrected chi connectivity index (χ2v) is 6.82. The Morgan fingerprint density at radius 1 is 1.20 bits per heavy atom. The SMILES string of the molecule is CNC1(CC(=O)NCC2CCN(C)CC2)CCCCC1. The van der Waals surface area contributed by atoms with Crippen LogP contribution in [0.25, 0.3) is 0 Å². The third-order valence-corrected chi connectivity index (χ3v) is 5.27. The molecular formula is C16H31N3O. The van der Waals surface area contributed by atoms with E-state index in [-0.39, 0.29) is 11.4 Å². The van der Waals surface area contributed by atoms with Gasteiger partial charge in [0.1, 0.15) is 0 Å². The van der Waals surface area contributed by atoms with E-state index in [9.17, 15) is 4.79 Å². The fourth-order valence-corrected chi connectivity index (χ4v) is 3.64. The Kier molecular flexibility index (Phi) is 5.85. The van der Waals surface area contributed by atoms with E-state index in [1.54, 1.807) is 0 Å². The molecule has 4 heteroatoms. The molecule has 0 aromatic carbocycles. The van der Waals surface area contributed by atoms with E-state index in [4.69, 9.17) is 0 Å². The molecule has 0 bridgehead atoms. The van der Waals surface area contributed by atoms with Gasteiger partial charge in [-0.05, 0) is 58.8 Å². The van der Waals surface area contributed by atoms with Crippen molar-refractivity contribution < 1.29 is 4.79 Å². The summed E-state index contributed by atoms with van der Waals surface area (Å²) in [5.74, 6) is 0.909. The van der Waals surface area contributed by atoms with Gasteiger partial charge in [-0.15, -0.1) is 0 Å². The van der Waals surface area contributed by atoms with Crippen LogP contribution in [0.1, 0.15) is 51.4 Å². The van der Waals surface area contributed by atoms with Gasteiger partial charge in [0.05, 0.1) is 0 Å². The lowest BCUT2D eigenvalue weighted by Crippen LogP contribution is -2.48. The molecule has 1 aliphatic heterocycles. The molecule has 0 aromatic rings. The fourth-order valence-electron chi connectivity index (χ4n) is 3.64. The monoisotopic (exact) mass is 281 g/mol. The quantitative estimate of drug-likeness (QED) is 0.807. The first-order valence-corrected chi connectivity index (χ1v) is 8.28. The summed E-state index contributed by atoms with van der Waals surface area (Å²) in [5, 5.41) is 6.60. The molecule has 4 nitrogen and oxygen atoms in total. The van der Waals surface area contributed by atoms with Crippen LogP contribution < -0.4 is 10.6 Å². The van der Waals surface area contributed by atoms with E-state index < -0.39 is 0 Å². The summed E-state index contributed by atoms with van der Waals surface area (Å²) in [5.41, 5.74) is 0.0646. The number of carbonyl (C=O) groups is 1. The molecule has 2 fully saturated rings. The van der Waals surface area contributed by atoms with E-state index in [1.807, 2.05) is 7.05 Å². The highest BCUT2D eigenvalue weighted by atomic mass is 16.1. The van der Waals surface area contributed by atoms with Crippen molar-refractivity contribution in [1.29, 1.82) is 0 Å². The molecule has 0 radical (unpaired) electrons. The highest BCUT2D eigenvalue weighted by molar-refractivity contribution is 5.77. The molecule has 1 heterocycles. The summed E-state index contributed by atoms with van der Waals surface area (Å²) in [6.07, 6.45) is 9.20. The van der Waals surface area contributed by atoms with Crippen LogP contribution in [0.4, 0.5) is 0 Å². The summed E-state index contributed by atoms with van der Waals surface area (Å²) in [6, 6.07) is 0. The van der Waals surface area contributed by atoms with Crippen LogP contribution in [0.15, 0.2) is 0 Å². The second-order valence-electron chi connectivity index (χ2n) is 6.82. The number of piperidine rings is 1. The van der Waals surface area contributed by atoms with E-state index >= 15 is 0 Å². The molecular weight excluding hydrogens is 250 g/mol. The number of hydrogen-bond acceptors (Lipinski definition) is 3. The molecule has 1 aliphatic carbocycles. The third kappa shape index (κ3) is 4.45. The Morgan fingerprint density at radius 2 is 1.85 bits per heavy atom. The maximum absolute atomic E-state index is 12.2.